The Morgan fingerprint density at radius 3 is 3.10 bits per heavy atom. The van der Waals surface area contributed by atoms with Crippen LogP contribution in [0.15, 0.2) is 0 Å². The first-order chi connectivity index (χ1) is 10.1. The molecule has 0 bridgehead atoms. The Bertz CT molecular complexity index is 670. The fourth-order valence-corrected chi connectivity index (χ4v) is 5.51. The van der Waals surface area contributed by atoms with E-state index < -0.39 is 10.0 Å². The average molecular weight is 327 g/mol. The first kappa shape index (κ1) is 14.8. The lowest BCUT2D eigenvalue weighted by molar-refractivity contribution is 0.127. The molecule has 1 aromatic rings. The zero-order chi connectivity index (χ0) is 14.9. The Hall–Kier alpha value is -1.14. The van der Waals surface area contributed by atoms with Crippen molar-refractivity contribution in [3.05, 3.63) is 16.0 Å². The van der Waals surface area contributed by atoms with Crippen LogP contribution in [-0.2, 0) is 27.7 Å². The number of fused-ring (bicyclic) bond motifs is 1. The van der Waals surface area contributed by atoms with Crippen LogP contribution in [0.3, 0.4) is 0 Å². The van der Waals surface area contributed by atoms with E-state index in [1.54, 1.807) is 0 Å². The van der Waals surface area contributed by atoms with Gasteiger partial charge in [-0.3, -0.25) is 4.72 Å². The zero-order valence-electron chi connectivity index (χ0n) is 11.5. The minimum Gasteiger partial charge on any atom is -0.377 e. The number of hydrogen-bond acceptors (Lipinski definition) is 6. The molecule has 3 heterocycles. The summed E-state index contributed by atoms with van der Waals surface area (Å²) in [5.41, 5.74) is 1.46. The summed E-state index contributed by atoms with van der Waals surface area (Å²) in [5, 5.41) is 13.0. The Morgan fingerprint density at radius 1 is 1.52 bits per heavy atom. The second-order valence-electron chi connectivity index (χ2n) is 5.27. The molecule has 1 unspecified atom stereocenters. The minimum absolute atomic E-state index is 0.0430. The third-order valence-electron chi connectivity index (χ3n) is 3.72. The molecule has 1 saturated heterocycles. The highest BCUT2D eigenvalue weighted by Gasteiger charge is 2.27. The van der Waals surface area contributed by atoms with Gasteiger partial charge >= 0.3 is 0 Å². The van der Waals surface area contributed by atoms with Crippen molar-refractivity contribution >= 4 is 26.4 Å². The monoisotopic (exact) mass is 327 g/mol. The predicted octanol–water partition coefficient (Wildman–Crippen LogP) is 1.19. The van der Waals surface area contributed by atoms with Crippen LogP contribution in [-0.4, -0.2) is 33.4 Å². The van der Waals surface area contributed by atoms with E-state index in [4.69, 9.17) is 4.74 Å². The summed E-state index contributed by atoms with van der Waals surface area (Å²) in [7, 11) is -3.49. The Labute approximate surface area is 128 Å². The molecular weight excluding hydrogens is 310 g/mol. The first-order valence-electron chi connectivity index (χ1n) is 6.96. The van der Waals surface area contributed by atoms with Gasteiger partial charge in [-0.15, -0.1) is 11.3 Å². The summed E-state index contributed by atoms with van der Waals surface area (Å²) in [4.78, 5) is 1.05. The normalized spacial score (nSPS) is 21.8. The van der Waals surface area contributed by atoms with Crippen molar-refractivity contribution in [2.24, 2.45) is 0 Å². The van der Waals surface area contributed by atoms with Gasteiger partial charge in [-0.05, 0) is 31.4 Å². The van der Waals surface area contributed by atoms with Crippen LogP contribution in [0, 0.1) is 11.3 Å². The van der Waals surface area contributed by atoms with Crippen LogP contribution in [0.25, 0.3) is 0 Å². The topological polar surface area (TPSA) is 91.2 Å². The fraction of sp³-hybridized carbons (Fsp3) is 0.615. The number of nitrogens with one attached hydrogen (secondary N) is 2. The van der Waals surface area contributed by atoms with Crippen LogP contribution in [0.4, 0.5) is 5.00 Å². The number of hydrogen-bond donors (Lipinski definition) is 2. The molecule has 1 aromatic heterocycles. The molecule has 0 spiro atoms. The first-order valence-corrected chi connectivity index (χ1v) is 9.43. The molecule has 21 heavy (non-hydrogen) atoms. The molecule has 1 atom stereocenters. The van der Waals surface area contributed by atoms with Gasteiger partial charge in [0, 0.05) is 18.0 Å². The van der Waals surface area contributed by atoms with Gasteiger partial charge < -0.3 is 10.1 Å². The molecule has 0 saturated carbocycles. The smallest absolute Gasteiger partial charge is 0.235 e. The van der Waals surface area contributed by atoms with Gasteiger partial charge in [0.25, 0.3) is 0 Å². The maximum atomic E-state index is 12.2. The van der Waals surface area contributed by atoms with E-state index in [1.807, 2.05) is 0 Å². The van der Waals surface area contributed by atoms with E-state index in [0.29, 0.717) is 23.7 Å². The second kappa shape index (κ2) is 5.93. The van der Waals surface area contributed by atoms with Gasteiger partial charge in [-0.2, -0.15) is 5.26 Å². The van der Waals surface area contributed by atoms with Gasteiger partial charge in [-0.1, -0.05) is 0 Å². The van der Waals surface area contributed by atoms with Gasteiger partial charge in [0.1, 0.15) is 11.1 Å². The molecule has 2 aliphatic rings. The number of rotatable bonds is 4. The average Bonchev–Trinajstić information content (AvgIpc) is 3.04. The number of nitrogens with zero attached hydrogens (tertiary/aromatic N) is 1. The summed E-state index contributed by atoms with van der Waals surface area (Å²) >= 11 is 1.36. The minimum atomic E-state index is -3.49. The van der Waals surface area contributed by atoms with E-state index in [9.17, 15) is 13.7 Å². The standard InChI is InChI=1S/C13H17N3O3S2/c14-6-11-10-3-4-15-7-12(10)20-13(11)16-21(17,18)8-9-2-1-5-19-9/h9,15-16H,1-5,7-8H2. The second-order valence-corrected chi connectivity index (χ2v) is 8.14. The van der Waals surface area contributed by atoms with Crippen LogP contribution >= 0.6 is 11.3 Å². The van der Waals surface area contributed by atoms with E-state index in [2.05, 4.69) is 16.1 Å². The molecule has 0 aromatic carbocycles. The lowest BCUT2D eigenvalue weighted by Gasteiger charge is -2.12. The highest BCUT2D eigenvalue weighted by Crippen LogP contribution is 2.35. The van der Waals surface area contributed by atoms with Crippen molar-refractivity contribution in [3.8, 4) is 6.07 Å². The molecule has 0 amide bonds. The maximum Gasteiger partial charge on any atom is 0.235 e. The maximum absolute atomic E-state index is 12.2. The van der Waals surface area contributed by atoms with Crippen molar-refractivity contribution in [1.82, 2.24) is 5.32 Å². The number of nitriles is 1. The Morgan fingerprint density at radius 2 is 2.38 bits per heavy atom. The van der Waals surface area contributed by atoms with Crippen LogP contribution in [0.1, 0.15) is 28.8 Å². The zero-order valence-corrected chi connectivity index (χ0v) is 13.1. The Kier molecular flexibility index (Phi) is 4.17. The summed E-state index contributed by atoms with van der Waals surface area (Å²) in [6.07, 6.45) is 2.21. The molecule has 3 rings (SSSR count). The summed E-state index contributed by atoms with van der Waals surface area (Å²) in [6.45, 7) is 2.14. The third-order valence-corrected chi connectivity index (χ3v) is 6.32. The van der Waals surface area contributed by atoms with Crippen molar-refractivity contribution in [1.29, 1.82) is 5.26 Å². The molecule has 0 radical (unpaired) electrons. The summed E-state index contributed by atoms with van der Waals surface area (Å²) < 4.78 is 32.4. The number of sulfonamides is 1. The molecule has 1 fully saturated rings. The lowest BCUT2D eigenvalue weighted by Crippen LogP contribution is -2.25. The van der Waals surface area contributed by atoms with Gasteiger partial charge in [0.2, 0.25) is 10.0 Å². The summed E-state index contributed by atoms with van der Waals surface area (Å²) in [5.74, 6) is -0.0430. The fourth-order valence-electron chi connectivity index (χ4n) is 2.73. The molecule has 6 nitrogen and oxygen atoms in total. The van der Waals surface area contributed by atoms with E-state index in [-0.39, 0.29) is 11.9 Å². The van der Waals surface area contributed by atoms with Crippen molar-refractivity contribution < 1.29 is 13.2 Å². The van der Waals surface area contributed by atoms with E-state index in [0.717, 1.165) is 36.2 Å². The number of anilines is 1. The predicted molar refractivity (Wildman–Crippen MR) is 80.8 cm³/mol. The molecule has 114 valence electrons. The highest BCUT2D eigenvalue weighted by molar-refractivity contribution is 7.92. The van der Waals surface area contributed by atoms with Gasteiger partial charge in [0.15, 0.2) is 0 Å². The number of thiophene rings is 1. The van der Waals surface area contributed by atoms with E-state index in [1.165, 1.54) is 11.3 Å². The molecule has 2 aliphatic heterocycles. The highest BCUT2D eigenvalue weighted by atomic mass is 32.2. The van der Waals surface area contributed by atoms with Crippen LogP contribution in [0.2, 0.25) is 0 Å². The van der Waals surface area contributed by atoms with Crippen molar-refractivity contribution in [3.63, 3.8) is 0 Å². The Balaban J connectivity index is 1.81. The lowest BCUT2D eigenvalue weighted by atomic mass is 10.1. The van der Waals surface area contributed by atoms with E-state index >= 15 is 0 Å². The van der Waals surface area contributed by atoms with Gasteiger partial charge in [-0.25, -0.2) is 8.42 Å². The largest absolute Gasteiger partial charge is 0.377 e. The van der Waals surface area contributed by atoms with Crippen molar-refractivity contribution in [2.45, 2.75) is 31.9 Å². The molecule has 8 heteroatoms. The molecule has 0 aliphatic carbocycles. The number of ether oxygens (including phenoxy) is 1. The molecule has 2 N–H and O–H groups in total. The third kappa shape index (κ3) is 3.21. The quantitative estimate of drug-likeness (QED) is 0.867. The summed E-state index contributed by atoms with van der Waals surface area (Å²) in [6, 6.07) is 2.14. The molecular formula is C13H17N3O3S2. The van der Waals surface area contributed by atoms with Crippen LogP contribution in [0.5, 0.6) is 0 Å². The van der Waals surface area contributed by atoms with Gasteiger partial charge in [0.05, 0.1) is 17.4 Å². The van der Waals surface area contributed by atoms with Crippen molar-refractivity contribution in [2.75, 3.05) is 23.6 Å². The SMILES string of the molecule is N#Cc1c(NS(=O)(=O)CC2CCCO2)sc2c1CCNC2. The van der Waals surface area contributed by atoms with Crippen LogP contribution < -0.4 is 10.0 Å².